The van der Waals surface area contributed by atoms with Gasteiger partial charge in [0.1, 0.15) is 16.5 Å². The lowest BCUT2D eigenvalue weighted by Crippen LogP contribution is -2.31. The first-order chi connectivity index (χ1) is 15.8. The second-order valence-electron chi connectivity index (χ2n) is 6.75. The number of halogens is 1. The quantitative estimate of drug-likeness (QED) is 0.407. The lowest BCUT2D eigenvalue weighted by Gasteiger charge is -2.19. The van der Waals surface area contributed by atoms with E-state index in [1.54, 1.807) is 32.0 Å². The summed E-state index contributed by atoms with van der Waals surface area (Å²) in [7, 11) is -4.09. The van der Waals surface area contributed by atoms with E-state index in [9.17, 15) is 17.6 Å². The average Bonchev–Trinajstić information content (AvgIpc) is 3.28. The van der Waals surface area contributed by atoms with Gasteiger partial charge in [-0.25, -0.2) is 17.6 Å². The molecule has 0 aliphatic heterocycles. The Kier molecular flexibility index (Phi) is 7.77. The lowest BCUT2D eigenvalue weighted by molar-refractivity contribution is 0.0429. The summed E-state index contributed by atoms with van der Waals surface area (Å²) in [6.45, 7) is 5.58. The van der Waals surface area contributed by atoms with Crippen molar-refractivity contribution in [1.29, 1.82) is 0 Å². The molecule has 9 nitrogen and oxygen atoms in total. The van der Waals surface area contributed by atoms with E-state index in [-0.39, 0.29) is 37.0 Å². The lowest BCUT2D eigenvalue weighted by atomic mass is 10.2. The number of esters is 1. The Bertz CT molecular complexity index is 1220. The Morgan fingerprint density at radius 1 is 1.12 bits per heavy atom. The molecule has 176 valence electrons. The molecule has 3 aromatic rings. The van der Waals surface area contributed by atoms with E-state index in [0.717, 1.165) is 22.5 Å². The van der Waals surface area contributed by atoms with Crippen molar-refractivity contribution in [2.45, 2.75) is 32.3 Å². The molecule has 0 amide bonds. The number of hydrogen-bond acceptors (Lipinski definition) is 8. The molecule has 0 aliphatic carbocycles. The minimum atomic E-state index is -4.09. The summed E-state index contributed by atoms with van der Waals surface area (Å²) < 4.78 is 56.6. The van der Waals surface area contributed by atoms with Crippen LogP contribution in [-0.4, -0.2) is 48.5 Å². The number of carbonyl (C=O) groups is 1. The van der Waals surface area contributed by atoms with E-state index in [1.165, 1.54) is 0 Å². The average molecular weight is 478 g/mol. The van der Waals surface area contributed by atoms with Gasteiger partial charge in [-0.05, 0) is 37.3 Å². The topological polar surface area (TPSA) is 112 Å². The molecule has 0 N–H and O–H groups in total. The summed E-state index contributed by atoms with van der Waals surface area (Å²) >= 11 is 0. The van der Waals surface area contributed by atoms with Gasteiger partial charge in [-0.1, -0.05) is 31.1 Å². The van der Waals surface area contributed by atoms with Gasteiger partial charge in [0.25, 0.3) is 5.89 Å². The third kappa shape index (κ3) is 5.37. The van der Waals surface area contributed by atoms with Crippen LogP contribution in [0, 0.1) is 5.82 Å². The van der Waals surface area contributed by atoms with Gasteiger partial charge in [0, 0.05) is 13.1 Å². The van der Waals surface area contributed by atoms with Crippen LogP contribution < -0.4 is 4.74 Å². The Morgan fingerprint density at radius 3 is 2.55 bits per heavy atom. The molecule has 0 saturated carbocycles. The fraction of sp³-hybridized carbons (Fsp3) is 0.318. The maximum atomic E-state index is 14.3. The predicted octanol–water partition coefficient (Wildman–Crippen LogP) is 3.66. The van der Waals surface area contributed by atoms with Crippen molar-refractivity contribution in [3.8, 4) is 17.1 Å². The van der Waals surface area contributed by atoms with Crippen molar-refractivity contribution < 1.29 is 31.6 Å². The number of carbonyl (C=O) groups excluding carboxylic acids is 1. The SMILES string of the molecule is CCOc1ccccc1-c1noc(COC(=O)c2ccc(F)c(S(=O)(=O)N(CC)CC)c2)n1. The predicted molar refractivity (Wildman–Crippen MR) is 117 cm³/mol. The zero-order valence-electron chi connectivity index (χ0n) is 18.4. The third-order valence-corrected chi connectivity index (χ3v) is 6.78. The summed E-state index contributed by atoms with van der Waals surface area (Å²) in [5.41, 5.74) is 0.494. The highest BCUT2D eigenvalue weighted by Crippen LogP contribution is 2.27. The largest absolute Gasteiger partial charge is 0.493 e. The minimum absolute atomic E-state index is 0.0303. The van der Waals surface area contributed by atoms with Crippen LogP contribution in [0.3, 0.4) is 0 Å². The highest BCUT2D eigenvalue weighted by atomic mass is 32.2. The first-order valence-corrected chi connectivity index (χ1v) is 11.8. The molecule has 3 rings (SSSR count). The minimum Gasteiger partial charge on any atom is -0.493 e. The van der Waals surface area contributed by atoms with Gasteiger partial charge in [0.15, 0.2) is 6.61 Å². The molecule has 1 aromatic heterocycles. The van der Waals surface area contributed by atoms with Crippen LogP contribution in [0.15, 0.2) is 51.9 Å². The summed E-state index contributed by atoms with van der Waals surface area (Å²) in [6, 6.07) is 10.2. The maximum absolute atomic E-state index is 14.3. The van der Waals surface area contributed by atoms with Crippen LogP contribution in [0.5, 0.6) is 5.75 Å². The van der Waals surface area contributed by atoms with E-state index >= 15 is 0 Å². The summed E-state index contributed by atoms with van der Waals surface area (Å²) in [5, 5.41) is 3.88. The van der Waals surface area contributed by atoms with E-state index in [1.807, 2.05) is 13.0 Å². The van der Waals surface area contributed by atoms with Gasteiger partial charge in [0.05, 0.1) is 17.7 Å². The molecule has 0 aliphatic rings. The van der Waals surface area contributed by atoms with Crippen LogP contribution in [0.1, 0.15) is 37.0 Å². The van der Waals surface area contributed by atoms with Crippen molar-refractivity contribution in [2.75, 3.05) is 19.7 Å². The van der Waals surface area contributed by atoms with Crippen LogP contribution >= 0.6 is 0 Å². The molecular formula is C22H24FN3O6S. The van der Waals surface area contributed by atoms with Gasteiger partial charge in [0.2, 0.25) is 15.8 Å². The van der Waals surface area contributed by atoms with Crippen molar-refractivity contribution >= 4 is 16.0 Å². The van der Waals surface area contributed by atoms with E-state index in [2.05, 4.69) is 10.1 Å². The van der Waals surface area contributed by atoms with Gasteiger partial charge < -0.3 is 14.0 Å². The monoisotopic (exact) mass is 477 g/mol. The van der Waals surface area contributed by atoms with E-state index in [4.69, 9.17) is 14.0 Å². The van der Waals surface area contributed by atoms with Crippen LogP contribution in [0.4, 0.5) is 4.39 Å². The molecule has 0 spiro atoms. The van der Waals surface area contributed by atoms with Crippen molar-refractivity contribution in [3.05, 3.63) is 59.7 Å². The molecule has 0 radical (unpaired) electrons. The summed E-state index contributed by atoms with van der Waals surface area (Å²) in [6.07, 6.45) is 0. The van der Waals surface area contributed by atoms with Crippen LogP contribution in [0.2, 0.25) is 0 Å². The van der Waals surface area contributed by atoms with Gasteiger partial charge in [-0.2, -0.15) is 9.29 Å². The normalized spacial score (nSPS) is 11.5. The number of para-hydroxylation sites is 1. The third-order valence-electron chi connectivity index (χ3n) is 4.71. The molecule has 0 saturated heterocycles. The molecule has 11 heteroatoms. The number of nitrogens with zero attached hydrogens (tertiary/aromatic N) is 3. The number of ether oxygens (including phenoxy) is 2. The Balaban J connectivity index is 1.75. The molecule has 1 heterocycles. The van der Waals surface area contributed by atoms with Crippen LogP contribution in [-0.2, 0) is 21.4 Å². The van der Waals surface area contributed by atoms with E-state index < -0.39 is 26.7 Å². The van der Waals surface area contributed by atoms with E-state index in [0.29, 0.717) is 17.9 Å². The molecule has 33 heavy (non-hydrogen) atoms. The van der Waals surface area contributed by atoms with Crippen molar-refractivity contribution in [2.24, 2.45) is 0 Å². The molecule has 0 fully saturated rings. The summed E-state index contributed by atoms with van der Waals surface area (Å²) in [4.78, 5) is 16.1. The molecule has 0 bridgehead atoms. The molecule has 0 atom stereocenters. The Labute approximate surface area is 191 Å². The Morgan fingerprint density at radius 2 is 1.85 bits per heavy atom. The highest BCUT2D eigenvalue weighted by molar-refractivity contribution is 7.89. The maximum Gasteiger partial charge on any atom is 0.338 e. The second kappa shape index (κ2) is 10.5. The standard InChI is InChI=1S/C22H24FN3O6S/c1-4-26(5-2)33(28,29)19-13-15(11-12-17(19)23)22(27)31-14-20-24-21(25-32-20)16-9-7-8-10-18(16)30-6-3/h7-13H,4-6,14H2,1-3H3. The van der Waals surface area contributed by atoms with Gasteiger partial charge >= 0.3 is 5.97 Å². The fourth-order valence-corrected chi connectivity index (χ4v) is 4.65. The molecule has 0 unspecified atom stereocenters. The highest BCUT2D eigenvalue weighted by Gasteiger charge is 2.27. The molecular weight excluding hydrogens is 453 g/mol. The van der Waals surface area contributed by atoms with Gasteiger partial charge in [-0.15, -0.1) is 0 Å². The van der Waals surface area contributed by atoms with Gasteiger partial charge in [-0.3, -0.25) is 0 Å². The summed E-state index contributed by atoms with van der Waals surface area (Å²) in [5.74, 6) is -0.937. The van der Waals surface area contributed by atoms with Crippen LogP contribution in [0.25, 0.3) is 11.4 Å². The van der Waals surface area contributed by atoms with Crippen molar-refractivity contribution in [3.63, 3.8) is 0 Å². The fourth-order valence-electron chi connectivity index (χ4n) is 3.10. The smallest absolute Gasteiger partial charge is 0.338 e. The first-order valence-electron chi connectivity index (χ1n) is 10.3. The second-order valence-corrected chi connectivity index (χ2v) is 8.66. The Hall–Kier alpha value is -3.31. The number of benzene rings is 2. The number of rotatable bonds is 10. The zero-order chi connectivity index (χ0) is 24.0. The first kappa shape index (κ1) is 24.3. The number of sulfonamides is 1. The zero-order valence-corrected chi connectivity index (χ0v) is 19.3. The van der Waals surface area contributed by atoms with Crippen molar-refractivity contribution in [1.82, 2.24) is 14.4 Å². The number of aromatic nitrogens is 2. The molecule has 2 aromatic carbocycles. The number of hydrogen-bond donors (Lipinski definition) is 0.